The second-order valence-electron chi connectivity index (χ2n) is 6.59. The number of aromatic amines is 1. The van der Waals surface area contributed by atoms with Crippen LogP contribution in [-0.2, 0) is 10.0 Å². The summed E-state index contributed by atoms with van der Waals surface area (Å²) in [6.07, 6.45) is 1.64. The van der Waals surface area contributed by atoms with Gasteiger partial charge in [0, 0.05) is 22.5 Å². The highest BCUT2D eigenvalue weighted by atomic mass is 32.2. The molecular weight excluding hydrogens is 364 g/mol. The Bertz CT molecular complexity index is 1270. The van der Waals surface area contributed by atoms with Gasteiger partial charge in [-0.2, -0.15) is 0 Å². The Hall–Kier alpha value is -2.97. The summed E-state index contributed by atoms with van der Waals surface area (Å²) >= 11 is 0. The molecule has 0 atom stereocenters. The van der Waals surface area contributed by atoms with Crippen LogP contribution >= 0.6 is 0 Å². The topological polar surface area (TPSA) is 107 Å². The molecule has 0 fully saturated rings. The molecule has 7 nitrogen and oxygen atoms in total. The van der Waals surface area contributed by atoms with Gasteiger partial charge in [-0.05, 0) is 50.3 Å². The molecule has 0 radical (unpaired) electrons. The number of sulfonamides is 1. The van der Waals surface area contributed by atoms with Gasteiger partial charge in [0.25, 0.3) is 0 Å². The number of aromatic nitrogens is 1. The highest BCUT2D eigenvalue weighted by Gasteiger charge is 2.18. The first-order valence-electron chi connectivity index (χ1n) is 8.45. The molecule has 138 valence electrons. The van der Waals surface area contributed by atoms with Gasteiger partial charge in [-0.3, -0.25) is 0 Å². The number of benzene rings is 2. The van der Waals surface area contributed by atoms with Crippen molar-refractivity contribution in [3.05, 3.63) is 64.6 Å². The second kappa shape index (κ2) is 6.33. The molecule has 1 aromatic heterocycles. The Morgan fingerprint density at radius 3 is 2.41 bits per heavy atom. The summed E-state index contributed by atoms with van der Waals surface area (Å²) in [6.45, 7) is 3.52. The number of H-pyrrole nitrogens is 1. The van der Waals surface area contributed by atoms with E-state index in [1.165, 1.54) is 12.1 Å². The van der Waals surface area contributed by atoms with Crippen LogP contribution in [0.1, 0.15) is 19.4 Å². The van der Waals surface area contributed by atoms with Crippen LogP contribution in [-0.4, -0.2) is 24.6 Å². The Kier molecular flexibility index (Phi) is 4.09. The largest absolute Gasteiger partial charge is 0.494 e. The molecule has 0 amide bonds. The third-order valence-electron chi connectivity index (χ3n) is 4.12. The second-order valence-corrected chi connectivity index (χ2v) is 8.30. The van der Waals surface area contributed by atoms with E-state index in [0.29, 0.717) is 22.3 Å². The number of hydrogen-bond donors (Lipinski definition) is 3. The summed E-state index contributed by atoms with van der Waals surface area (Å²) < 4.78 is 27.5. The van der Waals surface area contributed by atoms with Crippen molar-refractivity contribution >= 4 is 27.0 Å². The van der Waals surface area contributed by atoms with Crippen LogP contribution in [0.5, 0.6) is 5.88 Å². The minimum Gasteiger partial charge on any atom is -0.494 e. The van der Waals surface area contributed by atoms with Crippen LogP contribution in [0.3, 0.4) is 0 Å². The number of rotatable bonds is 4. The first-order chi connectivity index (χ1) is 12.8. The molecule has 3 aromatic rings. The van der Waals surface area contributed by atoms with E-state index in [0.717, 1.165) is 10.7 Å². The molecule has 2 aromatic carbocycles. The van der Waals surface area contributed by atoms with Crippen LogP contribution in [0.2, 0.25) is 0 Å². The molecule has 0 spiro atoms. The molecule has 0 saturated heterocycles. The van der Waals surface area contributed by atoms with Crippen LogP contribution < -0.4 is 15.4 Å². The predicted molar refractivity (Wildman–Crippen MR) is 102 cm³/mol. The van der Waals surface area contributed by atoms with Crippen molar-refractivity contribution < 1.29 is 13.5 Å². The van der Waals surface area contributed by atoms with Gasteiger partial charge in [0.1, 0.15) is 0 Å². The summed E-state index contributed by atoms with van der Waals surface area (Å²) in [5.74, 6) is 0.381. The van der Waals surface area contributed by atoms with Gasteiger partial charge < -0.3 is 10.1 Å². The number of para-hydroxylation sites is 2. The van der Waals surface area contributed by atoms with E-state index in [1.807, 2.05) is 24.3 Å². The molecular formula is C19H18N4O3S. The first kappa shape index (κ1) is 17.4. The Morgan fingerprint density at radius 2 is 1.78 bits per heavy atom. The number of hydrogen-bond acceptors (Lipinski definition) is 5. The number of nitrogens with zero attached hydrogens (tertiary/aromatic N) is 2. The maximum Gasteiger partial charge on any atom is 0.240 e. The molecule has 8 heteroatoms. The highest BCUT2D eigenvalue weighted by molar-refractivity contribution is 7.89. The fourth-order valence-electron chi connectivity index (χ4n) is 2.99. The smallest absolute Gasteiger partial charge is 0.240 e. The zero-order valence-corrected chi connectivity index (χ0v) is 15.6. The van der Waals surface area contributed by atoms with Crippen molar-refractivity contribution in [3.8, 4) is 5.88 Å². The van der Waals surface area contributed by atoms with E-state index in [2.05, 4.69) is 19.7 Å². The summed E-state index contributed by atoms with van der Waals surface area (Å²) in [5, 5.41) is 12.4. The van der Waals surface area contributed by atoms with Crippen molar-refractivity contribution in [3.63, 3.8) is 0 Å². The van der Waals surface area contributed by atoms with Crippen molar-refractivity contribution in [1.29, 1.82) is 0 Å². The van der Waals surface area contributed by atoms with Gasteiger partial charge in [-0.15, -0.1) is 0 Å². The lowest BCUT2D eigenvalue weighted by atomic mass is 10.1. The maximum atomic E-state index is 12.5. The van der Waals surface area contributed by atoms with Crippen molar-refractivity contribution in [2.75, 3.05) is 0 Å². The number of fused-ring (bicyclic) bond motifs is 2. The SMILES string of the molecule is CC(C)NS(=O)(=O)c1ccc2[nH]c(O)c(C=C3N=c4ccccc4=N3)c2c1. The maximum absolute atomic E-state index is 12.5. The zero-order valence-electron chi connectivity index (χ0n) is 14.8. The quantitative estimate of drug-likeness (QED) is 0.640. The molecule has 1 aliphatic rings. The molecule has 0 aliphatic carbocycles. The minimum atomic E-state index is -3.64. The Morgan fingerprint density at radius 1 is 1.11 bits per heavy atom. The fraction of sp³-hybridized carbons (Fsp3) is 0.158. The minimum absolute atomic E-state index is 0.0646. The van der Waals surface area contributed by atoms with Gasteiger partial charge in [0.2, 0.25) is 10.0 Å². The van der Waals surface area contributed by atoms with Crippen LogP contribution in [0.25, 0.3) is 17.0 Å². The van der Waals surface area contributed by atoms with Gasteiger partial charge in [-0.1, -0.05) is 12.1 Å². The molecule has 3 N–H and O–H groups in total. The fourth-order valence-corrected chi connectivity index (χ4v) is 4.26. The predicted octanol–water partition coefficient (Wildman–Crippen LogP) is 1.81. The highest BCUT2D eigenvalue weighted by Crippen LogP contribution is 2.31. The summed E-state index contributed by atoms with van der Waals surface area (Å²) in [4.78, 5) is 11.8. The standard InChI is InChI=1S/C19H18N4O3S/c1-11(2)23-27(25,26)12-7-8-15-13(9-12)14(19(24)22-15)10-18-20-16-5-3-4-6-17(16)21-18/h3-11,22-24H,1-2H3. The lowest BCUT2D eigenvalue weighted by molar-refractivity contribution is 0.457. The lowest BCUT2D eigenvalue weighted by Crippen LogP contribution is -2.30. The van der Waals surface area contributed by atoms with Crippen molar-refractivity contribution in [1.82, 2.24) is 9.71 Å². The van der Waals surface area contributed by atoms with Gasteiger partial charge in [-0.25, -0.2) is 23.1 Å². The lowest BCUT2D eigenvalue weighted by Gasteiger charge is -2.09. The average molecular weight is 382 g/mol. The summed E-state index contributed by atoms with van der Waals surface area (Å²) in [6, 6.07) is 11.9. The van der Waals surface area contributed by atoms with Gasteiger partial charge in [0.15, 0.2) is 11.7 Å². The van der Waals surface area contributed by atoms with Crippen LogP contribution in [0.4, 0.5) is 0 Å². The summed E-state index contributed by atoms with van der Waals surface area (Å²) in [7, 11) is -3.64. The Labute approximate surface area is 155 Å². The molecule has 1 aliphatic heterocycles. The van der Waals surface area contributed by atoms with Crippen LogP contribution in [0.15, 0.2) is 63.2 Å². The first-order valence-corrected chi connectivity index (χ1v) is 9.93. The van der Waals surface area contributed by atoms with E-state index in [1.54, 1.807) is 26.0 Å². The van der Waals surface area contributed by atoms with Gasteiger partial charge >= 0.3 is 0 Å². The van der Waals surface area contributed by atoms with Crippen molar-refractivity contribution in [2.24, 2.45) is 9.98 Å². The van der Waals surface area contributed by atoms with E-state index in [4.69, 9.17) is 0 Å². The third-order valence-corrected chi connectivity index (χ3v) is 5.77. The van der Waals surface area contributed by atoms with E-state index in [-0.39, 0.29) is 16.8 Å². The molecule has 0 saturated carbocycles. The molecule has 2 heterocycles. The van der Waals surface area contributed by atoms with Crippen molar-refractivity contribution in [2.45, 2.75) is 24.8 Å². The zero-order chi connectivity index (χ0) is 19.2. The number of aromatic hydroxyl groups is 1. The van der Waals surface area contributed by atoms with E-state index < -0.39 is 10.0 Å². The molecule has 0 unspecified atom stereocenters. The monoisotopic (exact) mass is 382 g/mol. The molecule has 0 bridgehead atoms. The molecule has 4 rings (SSSR count). The van der Waals surface area contributed by atoms with Gasteiger partial charge in [0.05, 0.1) is 15.6 Å². The molecule has 27 heavy (non-hydrogen) atoms. The third kappa shape index (κ3) is 3.24. The average Bonchev–Trinajstić information content (AvgIpc) is 3.14. The Balaban J connectivity index is 1.84. The summed E-state index contributed by atoms with van der Waals surface area (Å²) in [5.41, 5.74) is 1.07. The van der Waals surface area contributed by atoms with Crippen LogP contribution in [0, 0.1) is 0 Å². The normalized spacial score (nSPS) is 13.5. The van der Waals surface area contributed by atoms with E-state index in [9.17, 15) is 13.5 Å². The van der Waals surface area contributed by atoms with E-state index >= 15 is 0 Å². The number of nitrogens with one attached hydrogen (secondary N) is 2.